The Kier molecular flexibility index (Phi) is 3.65. The molecular formula is C15H12N2O7S2. The molecule has 0 spiro atoms. The van der Waals surface area contributed by atoms with Crippen LogP contribution in [0.5, 0.6) is 0 Å². The minimum absolute atomic E-state index is 0.0153. The summed E-state index contributed by atoms with van der Waals surface area (Å²) in [4.78, 5) is 49.0. The minimum Gasteiger partial charge on any atom is -0.477 e. The van der Waals surface area contributed by atoms with Crippen LogP contribution in [0.2, 0.25) is 0 Å². The largest absolute Gasteiger partial charge is 0.477 e. The maximum absolute atomic E-state index is 12.4. The molecule has 1 amide bonds. The van der Waals surface area contributed by atoms with E-state index in [1.54, 1.807) is 12.1 Å². The van der Waals surface area contributed by atoms with Gasteiger partial charge in [-0.1, -0.05) is 6.07 Å². The van der Waals surface area contributed by atoms with Gasteiger partial charge in [0.25, 0.3) is 5.54 Å². The van der Waals surface area contributed by atoms with E-state index in [9.17, 15) is 29.4 Å². The van der Waals surface area contributed by atoms with E-state index in [0.29, 0.717) is 6.29 Å². The van der Waals surface area contributed by atoms with Crippen molar-refractivity contribution in [3.8, 4) is 0 Å². The zero-order valence-electron chi connectivity index (χ0n) is 13.0. The van der Waals surface area contributed by atoms with Crippen molar-refractivity contribution in [2.24, 2.45) is 0 Å². The SMILES string of the molecule is O=CC1=C(C(=O)O)N2[C@@H](SC1)[C@@]1(NC(=O)Cc3cccs3)C(=O)OC21O. The normalized spacial score (nSPS) is 31.8. The van der Waals surface area contributed by atoms with E-state index < -0.39 is 40.4 Å². The first-order valence-corrected chi connectivity index (χ1v) is 9.39. The van der Waals surface area contributed by atoms with Crippen LogP contribution in [-0.2, 0) is 30.3 Å². The number of thiophene rings is 1. The number of hydrogen-bond donors (Lipinski definition) is 3. The van der Waals surface area contributed by atoms with Gasteiger partial charge in [-0.05, 0) is 11.4 Å². The number of carbonyl (C=O) groups excluding carboxylic acids is 3. The van der Waals surface area contributed by atoms with Crippen LogP contribution in [0.15, 0.2) is 28.8 Å². The molecule has 1 aromatic heterocycles. The zero-order valence-corrected chi connectivity index (χ0v) is 14.6. The van der Waals surface area contributed by atoms with Crippen LogP contribution in [0.1, 0.15) is 4.88 Å². The van der Waals surface area contributed by atoms with Gasteiger partial charge in [0.05, 0.1) is 6.42 Å². The van der Waals surface area contributed by atoms with Crippen LogP contribution >= 0.6 is 23.1 Å². The van der Waals surface area contributed by atoms with E-state index in [0.717, 1.165) is 21.5 Å². The summed E-state index contributed by atoms with van der Waals surface area (Å²) < 4.78 is 4.81. The van der Waals surface area contributed by atoms with Crippen molar-refractivity contribution in [1.29, 1.82) is 0 Å². The van der Waals surface area contributed by atoms with Crippen molar-refractivity contribution < 1.29 is 34.1 Å². The van der Waals surface area contributed by atoms with E-state index in [1.807, 2.05) is 5.38 Å². The van der Waals surface area contributed by atoms with Gasteiger partial charge in [-0.2, -0.15) is 0 Å². The van der Waals surface area contributed by atoms with Crippen LogP contribution in [0.3, 0.4) is 0 Å². The summed E-state index contributed by atoms with van der Waals surface area (Å²) in [5.41, 5.74) is -2.23. The molecule has 4 heterocycles. The lowest BCUT2D eigenvalue weighted by atomic mass is 9.76. The zero-order chi connectivity index (χ0) is 18.7. The second-order valence-corrected chi connectivity index (χ2v) is 8.04. The number of carbonyl (C=O) groups is 4. The highest BCUT2D eigenvalue weighted by molar-refractivity contribution is 8.00. The average Bonchev–Trinajstić information content (AvgIpc) is 3.10. The molecule has 0 aromatic carbocycles. The van der Waals surface area contributed by atoms with Gasteiger partial charge in [0.2, 0.25) is 5.91 Å². The Hall–Kier alpha value is -2.37. The quantitative estimate of drug-likeness (QED) is 0.435. The number of thioether (sulfide) groups is 1. The molecule has 11 heteroatoms. The van der Waals surface area contributed by atoms with E-state index in [1.165, 1.54) is 11.3 Å². The molecule has 3 aliphatic heterocycles. The molecule has 4 rings (SSSR count). The highest BCUT2D eigenvalue weighted by atomic mass is 32.2. The fourth-order valence-corrected chi connectivity index (χ4v) is 5.59. The number of nitrogens with zero attached hydrogens (tertiary/aromatic N) is 1. The van der Waals surface area contributed by atoms with Crippen molar-refractivity contribution in [1.82, 2.24) is 10.2 Å². The van der Waals surface area contributed by atoms with Crippen molar-refractivity contribution in [2.75, 3.05) is 5.75 Å². The van der Waals surface area contributed by atoms with E-state index >= 15 is 0 Å². The fraction of sp³-hybridized carbons (Fsp3) is 0.333. The van der Waals surface area contributed by atoms with Gasteiger partial charge in [0.1, 0.15) is 17.4 Å². The predicted molar refractivity (Wildman–Crippen MR) is 88.7 cm³/mol. The Morgan fingerprint density at radius 3 is 2.85 bits per heavy atom. The van der Waals surface area contributed by atoms with Gasteiger partial charge in [0, 0.05) is 16.2 Å². The number of aliphatic hydroxyl groups is 1. The fourth-order valence-electron chi connectivity index (χ4n) is 3.38. The van der Waals surface area contributed by atoms with Crippen molar-refractivity contribution in [3.05, 3.63) is 33.7 Å². The molecule has 0 bridgehead atoms. The molecule has 9 nitrogen and oxygen atoms in total. The summed E-state index contributed by atoms with van der Waals surface area (Å²) in [6, 6.07) is 3.55. The van der Waals surface area contributed by atoms with Crippen LogP contribution < -0.4 is 5.32 Å². The number of carboxylic acids is 1. The molecule has 2 fully saturated rings. The lowest BCUT2D eigenvalue weighted by Gasteiger charge is -2.71. The van der Waals surface area contributed by atoms with Crippen LogP contribution in [-0.4, -0.2) is 61.8 Å². The number of carboxylic acid groups (broad SMARTS) is 1. The third kappa shape index (κ3) is 1.95. The van der Waals surface area contributed by atoms with Gasteiger partial charge in [-0.25, -0.2) is 9.59 Å². The first-order chi connectivity index (χ1) is 12.3. The molecular weight excluding hydrogens is 384 g/mol. The summed E-state index contributed by atoms with van der Waals surface area (Å²) in [7, 11) is 0. The van der Waals surface area contributed by atoms with Crippen molar-refractivity contribution in [3.63, 3.8) is 0 Å². The van der Waals surface area contributed by atoms with Gasteiger partial charge in [-0.3, -0.25) is 14.5 Å². The smallest absolute Gasteiger partial charge is 0.352 e. The second kappa shape index (κ2) is 5.56. The number of nitrogens with one attached hydrogen (secondary N) is 1. The summed E-state index contributed by atoms with van der Waals surface area (Å²) in [5, 5.41) is 23.6. The Balaban J connectivity index is 1.65. The Bertz CT molecular complexity index is 867. The standard InChI is InChI=1S/C15H12N2O7S2/c18-5-7-6-26-12-14(16-9(19)4-8-2-1-3-25-8)13(22)24-15(14,23)17(12)10(7)11(20)21/h1-3,5,12,23H,4,6H2,(H,16,19)(H,20,21)/t12-,14+,15?/m0/s1. The first-order valence-electron chi connectivity index (χ1n) is 7.47. The summed E-state index contributed by atoms with van der Waals surface area (Å²) in [6.07, 6.45) is 0.410. The molecule has 0 saturated carbocycles. The van der Waals surface area contributed by atoms with Crippen LogP contribution in [0.4, 0.5) is 0 Å². The Morgan fingerprint density at radius 2 is 2.27 bits per heavy atom. The molecule has 1 aromatic rings. The Morgan fingerprint density at radius 1 is 1.50 bits per heavy atom. The summed E-state index contributed by atoms with van der Waals surface area (Å²) >= 11 is 2.45. The number of rotatable bonds is 5. The maximum atomic E-state index is 12.4. The molecule has 3 atom stereocenters. The second-order valence-electron chi connectivity index (χ2n) is 5.94. The molecule has 136 valence electrons. The lowest BCUT2D eigenvalue weighted by Crippen LogP contribution is -2.99. The number of aliphatic carboxylic acids is 1. The number of hydrogen-bond acceptors (Lipinski definition) is 9. The predicted octanol–water partition coefficient (Wildman–Crippen LogP) is -0.725. The Labute approximate surface area is 154 Å². The molecule has 3 aliphatic rings. The molecule has 2 saturated heterocycles. The topological polar surface area (TPSA) is 133 Å². The van der Waals surface area contributed by atoms with E-state index in [4.69, 9.17) is 4.74 Å². The van der Waals surface area contributed by atoms with Gasteiger partial charge >= 0.3 is 17.8 Å². The maximum Gasteiger partial charge on any atom is 0.352 e. The number of fused-ring (bicyclic) bond motifs is 4. The number of aldehydes is 1. The molecule has 0 aliphatic carbocycles. The highest BCUT2D eigenvalue weighted by Gasteiger charge is 2.88. The number of amides is 1. The molecule has 26 heavy (non-hydrogen) atoms. The summed E-state index contributed by atoms with van der Waals surface area (Å²) in [5.74, 6) is -5.04. The molecule has 0 radical (unpaired) electrons. The molecule has 3 N–H and O–H groups in total. The van der Waals surface area contributed by atoms with E-state index in [2.05, 4.69) is 5.32 Å². The highest BCUT2D eigenvalue weighted by Crippen LogP contribution is 2.60. The monoisotopic (exact) mass is 396 g/mol. The van der Waals surface area contributed by atoms with Gasteiger partial charge in [0.15, 0.2) is 0 Å². The molecule has 1 unspecified atom stereocenters. The minimum atomic E-state index is -2.32. The van der Waals surface area contributed by atoms with Gasteiger partial charge < -0.3 is 20.3 Å². The number of esters is 1. The van der Waals surface area contributed by atoms with Crippen molar-refractivity contribution in [2.45, 2.75) is 23.2 Å². The lowest BCUT2D eigenvalue weighted by molar-refractivity contribution is -0.417. The third-order valence-corrected chi connectivity index (χ3v) is 6.77. The first kappa shape index (κ1) is 17.1. The number of ether oxygens (including phenoxy) is 1. The van der Waals surface area contributed by atoms with E-state index in [-0.39, 0.29) is 17.7 Å². The van der Waals surface area contributed by atoms with Crippen molar-refractivity contribution >= 4 is 47.2 Å². The summed E-state index contributed by atoms with van der Waals surface area (Å²) in [6.45, 7) is 0. The van der Waals surface area contributed by atoms with Crippen LogP contribution in [0.25, 0.3) is 0 Å². The van der Waals surface area contributed by atoms with Gasteiger partial charge in [-0.15, -0.1) is 23.1 Å². The average molecular weight is 396 g/mol. The third-order valence-electron chi connectivity index (χ3n) is 4.54. The van der Waals surface area contributed by atoms with Crippen LogP contribution in [0, 0.1) is 0 Å².